The Morgan fingerprint density at radius 2 is 1.65 bits per heavy atom. The van der Waals surface area contributed by atoms with Crippen LogP contribution in [0.4, 0.5) is 0 Å². The van der Waals surface area contributed by atoms with Crippen molar-refractivity contribution in [3.8, 4) is 23.0 Å². The van der Waals surface area contributed by atoms with Gasteiger partial charge in [-0.2, -0.15) is 0 Å². The number of carbonyl (C=O) groups is 1. The predicted octanol–water partition coefficient (Wildman–Crippen LogP) is 2.84. The van der Waals surface area contributed by atoms with E-state index in [0.29, 0.717) is 37.5 Å². The first-order valence-electron chi connectivity index (χ1n) is 8.41. The Labute approximate surface area is 154 Å². The summed E-state index contributed by atoms with van der Waals surface area (Å²) in [5.41, 5.74) is 0.937. The van der Waals surface area contributed by atoms with E-state index < -0.39 is 0 Å². The normalized spacial score (nSPS) is 10.1. The molecule has 1 amide bonds. The fraction of sp³-hybridized carbons (Fsp3) is 0.350. The first-order chi connectivity index (χ1) is 12.7. The number of nitrogens with one attached hydrogen (secondary N) is 1. The van der Waals surface area contributed by atoms with Crippen molar-refractivity contribution in [1.29, 1.82) is 0 Å². The summed E-state index contributed by atoms with van der Waals surface area (Å²) >= 11 is 0. The molecule has 0 unspecified atom stereocenters. The lowest BCUT2D eigenvalue weighted by Gasteiger charge is -2.12. The van der Waals surface area contributed by atoms with Crippen LogP contribution in [-0.4, -0.2) is 40.4 Å². The van der Waals surface area contributed by atoms with Gasteiger partial charge in [-0.3, -0.25) is 4.79 Å². The third-order valence-corrected chi connectivity index (χ3v) is 3.86. The number of methoxy groups -OCH3 is 3. The maximum Gasteiger partial charge on any atom is 0.220 e. The summed E-state index contributed by atoms with van der Waals surface area (Å²) in [5, 5.41) is 2.85. The zero-order valence-electron chi connectivity index (χ0n) is 15.4. The predicted molar refractivity (Wildman–Crippen MR) is 99.4 cm³/mol. The van der Waals surface area contributed by atoms with Crippen molar-refractivity contribution in [2.45, 2.75) is 12.8 Å². The zero-order valence-corrected chi connectivity index (χ0v) is 15.4. The number of aryl methyl sites for hydroxylation is 1. The fourth-order valence-corrected chi connectivity index (χ4v) is 2.50. The van der Waals surface area contributed by atoms with E-state index in [1.165, 1.54) is 0 Å². The largest absolute Gasteiger partial charge is 0.497 e. The van der Waals surface area contributed by atoms with Crippen molar-refractivity contribution in [3.05, 3.63) is 48.0 Å². The molecule has 0 aliphatic carbocycles. The van der Waals surface area contributed by atoms with E-state index in [1.54, 1.807) is 21.3 Å². The van der Waals surface area contributed by atoms with Gasteiger partial charge >= 0.3 is 0 Å². The van der Waals surface area contributed by atoms with Crippen molar-refractivity contribution < 1.29 is 23.7 Å². The summed E-state index contributed by atoms with van der Waals surface area (Å²) in [6.07, 6.45) is 0.928. The van der Waals surface area contributed by atoms with Crippen molar-refractivity contribution in [2.75, 3.05) is 34.5 Å². The Morgan fingerprint density at radius 1 is 0.923 bits per heavy atom. The van der Waals surface area contributed by atoms with Crippen LogP contribution in [0.2, 0.25) is 0 Å². The highest BCUT2D eigenvalue weighted by molar-refractivity contribution is 5.76. The van der Waals surface area contributed by atoms with Gasteiger partial charge < -0.3 is 24.3 Å². The molecule has 1 N–H and O–H groups in total. The van der Waals surface area contributed by atoms with Crippen LogP contribution < -0.4 is 24.3 Å². The van der Waals surface area contributed by atoms with Gasteiger partial charge in [0, 0.05) is 6.42 Å². The molecule has 140 valence electrons. The number of amides is 1. The molecule has 0 aliphatic rings. The second kappa shape index (κ2) is 10.2. The first-order valence-corrected chi connectivity index (χ1v) is 8.41. The van der Waals surface area contributed by atoms with Gasteiger partial charge in [0.1, 0.15) is 18.1 Å². The van der Waals surface area contributed by atoms with Gasteiger partial charge in [0.2, 0.25) is 5.91 Å². The molecular weight excluding hydrogens is 334 g/mol. The quantitative estimate of drug-likeness (QED) is 0.661. The summed E-state index contributed by atoms with van der Waals surface area (Å²) in [5.74, 6) is 2.78. The fourth-order valence-electron chi connectivity index (χ4n) is 2.50. The summed E-state index contributed by atoms with van der Waals surface area (Å²) in [4.78, 5) is 12.0. The summed E-state index contributed by atoms with van der Waals surface area (Å²) in [7, 11) is 4.82. The lowest BCUT2D eigenvalue weighted by atomic mass is 10.1. The lowest BCUT2D eigenvalue weighted by molar-refractivity contribution is -0.121. The van der Waals surface area contributed by atoms with E-state index in [-0.39, 0.29) is 5.91 Å². The average Bonchev–Trinajstić information content (AvgIpc) is 2.69. The zero-order chi connectivity index (χ0) is 18.8. The molecule has 0 saturated carbocycles. The van der Waals surface area contributed by atoms with Crippen LogP contribution >= 0.6 is 0 Å². The van der Waals surface area contributed by atoms with Crippen LogP contribution in [0.15, 0.2) is 42.5 Å². The van der Waals surface area contributed by atoms with Gasteiger partial charge in [-0.05, 0) is 42.3 Å². The number of benzene rings is 2. The third kappa shape index (κ3) is 5.58. The van der Waals surface area contributed by atoms with Crippen molar-refractivity contribution in [3.63, 3.8) is 0 Å². The summed E-state index contributed by atoms with van der Waals surface area (Å²) in [6, 6.07) is 13.0. The molecule has 0 bridgehead atoms. The van der Waals surface area contributed by atoms with Crippen LogP contribution in [0.3, 0.4) is 0 Å². The SMILES string of the molecule is COc1ccc(OC)c(CCC(=O)NCCOc2ccccc2OC)c1. The van der Waals surface area contributed by atoms with Gasteiger partial charge in [0.25, 0.3) is 0 Å². The average molecular weight is 359 g/mol. The van der Waals surface area contributed by atoms with Gasteiger partial charge in [-0.15, -0.1) is 0 Å². The van der Waals surface area contributed by atoms with E-state index in [9.17, 15) is 4.79 Å². The number of para-hydroxylation sites is 2. The van der Waals surface area contributed by atoms with Gasteiger partial charge in [-0.25, -0.2) is 0 Å². The minimum absolute atomic E-state index is 0.0431. The second-order valence-corrected chi connectivity index (χ2v) is 5.53. The summed E-state index contributed by atoms with van der Waals surface area (Å²) < 4.78 is 21.4. The molecule has 6 heteroatoms. The molecule has 26 heavy (non-hydrogen) atoms. The maximum absolute atomic E-state index is 12.0. The van der Waals surface area contributed by atoms with Crippen LogP contribution in [0, 0.1) is 0 Å². The number of ether oxygens (including phenoxy) is 4. The molecular formula is C20H25NO5. The van der Waals surface area contributed by atoms with E-state index in [1.807, 2.05) is 42.5 Å². The van der Waals surface area contributed by atoms with E-state index in [2.05, 4.69) is 5.32 Å². The Hall–Kier alpha value is -2.89. The smallest absolute Gasteiger partial charge is 0.220 e. The minimum atomic E-state index is -0.0431. The Morgan fingerprint density at radius 3 is 2.35 bits per heavy atom. The number of rotatable bonds is 10. The van der Waals surface area contributed by atoms with Crippen LogP contribution in [0.5, 0.6) is 23.0 Å². The molecule has 0 aliphatic heterocycles. The van der Waals surface area contributed by atoms with E-state index in [0.717, 1.165) is 17.1 Å². The van der Waals surface area contributed by atoms with Crippen molar-refractivity contribution in [2.24, 2.45) is 0 Å². The maximum atomic E-state index is 12.0. The summed E-state index contributed by atoms with van der Waals surface area (Å²) in [6.45, 7) is 0.792. The van der Waals surface area contributed by atoms with Crippen LogP contribution in [0.25, 0.3) is 0 Å². The Balaban J connectivity index is 1.76. The molecule has 0 radical (unpaired) electrons. The highest BCUT2D eigenvalue weighted by Crippen LogP contribution is 2.26. The van der Waals surface area contributed by atoms with Crippen LogP contribution in [0.1, 0.15) is 12.0 Å². The molecule has 0 fully saturated rings. The second-order valence-electron chi connectivity index (χ2n) is 5.53. The molecule has 2 rings (SSSR count). The van der Waals surface area contributed by atoms with Gasteiger partial charge in [0.05, 0.1) is 27.9 Å². The number of hydrogen-bond acceptors (Lipinski definition) is 5. The molecule has 2 aromatic rings. The highest BCUT2D eigenvalue weighted by atomic mass is 16.5. The van der Waals surface area contributed by atoms with Crippen molar-refractivity contribution in [1.82, 2.24) is 5.32 Å². The highest BCUT2D eigenvalue weighted by Gasteiger charge is 2.08. The molecule has 0 spiro atoms. The minimum Gasteiger partial charge on any atom is -0.497 e. The first kappa shape index (κ1) is 19.4. The van der Waals surface area contributed by atoms with E-state index in [4.69, 9.17) is 18.9 Å². The lowest BCUT2D eigenvalue weighted by Crippen LogP contribution is -2.28. The van der Waals surface area contributed by atoms with Gasteiger partial charge in [-0.1, -0.05) is 12.1 Å². The topological polar surface area (TPSA) is 66.0 Å². The number of carbonyl (C=O) groups excluding carboxylic acids is 1. The molecule has 0 atom stereocenters. The number of hydrogen-bond donors (Lipinski definition) is 1. The van der Waals surface area contributed by atoms with Crippen molar-refractivity contribution >= 4 is 5.91 Å². The van der Waals surface area contributed by atoms with Gasteiger partial charge in [0.15, 0.2) is 11.5 Å². The Kier molecular flexibility index (Phi) is 7.61. The molecule has 0 saturated heterocycles. The monoisotopic (exact) mass is 359 g/mol. The third-order valence-electron chi connectivity index (χ3n) is 3.86. The molecule has 2 aromatic carbocycles. The van der Waals surface area contributed by atoms with E-state index >= 15 is 0 Å². The van der Waals surface area contributed by atoms with Crippen LogP contribution in [-0.2, 0) is 11.2 Å². The Bertz CT molecular complexity index is 717. The molecule has 6 nitrogen and oxygen atoms in total. The standard InChI is InChI=1S/C20H25NO5/c1-23-16-9-10-17(24-2)15(14-16)8-11-20(22)21-12-13-26-19-7-5-4-6-18(19)25-3/h4-7,9-10,14H,8,11-13H2,1-3H3,(H,21,22). The molecule has 0 aromatic heterocycles. The molecule has 0 heterocycles.